The predicted octanol–water partition coefficient (Wildman–Crippen LogP) is 5.01. The summed E-state index contributed by atoms with van der Waals surface area (Å²) in [6, 6.07) is 5.25. The summed E-state index contributed by atoms with van der Waals surface area (Å²) >= 11 is 0. The van der Waals surface area contributed by atoms with Gasteiger partial charge in [0.2, 0.25) is 5.91 Å². The summed E-state index contributed by atoms with van der Waals surface area (Å²) in [5.74, 6) is 0.0823. The molecule has 1 fully saturated rings. The van der Waals surface area contributed by atoms with Crippen LogP contribution in [0.5, 0.6) is 5.75 Å². The third-order valence-corrected chi connectivity index (χ3v) is 8.13. The molecule has 4 atom stereocenters. The first-order valence-corrected chi connectivity index (χ1v) is 16.0. The van der Waals surface area contributed by atoms with Crippen LogP contribution in [0.4, 0.5) is 4.79 Å². The molecule has 246 valence electrons. The van der Waals surface area contributed by atoms with Gasteiger partial charge in [-0.15, -0.1) is 0 Å². The average molecular weight is 606 g/mol. The molecule has 1 heterocycles. The standard InChI is InChI=1S/C34H59N3O6/c1-23(2)26(20-25-11-12-27(29(38)21-25)33(4,5)6)22-28(36-32(41)43-34(7,8)9)30(39)19-24(3)31(40)35-13-10-14-37-15-17-42-18-16-37/h11-12,21,23-24,26,28,30,38-39H,10,13-20,22H2,1-9H3,(H,35,40)(H,36,41)/t24-,26-,28-,30-/m0/s1. The summed E-state index contributed by atoms with van der Waals surface area (Å²) in [6.45, 7) is 22.5. The van der Waals surface area contributed by atoms with Gasteiger partial charge in [0.05, 0.1) is 25.4 Å². The number of phenols is 1. The maximum atomic E-state index is 12.9. The number of nitrogens with one attached hydrogen (secondary N) is 2. The lowest BCUT2D eigenvalue weighted by Crippen LogP contribution is -2.48. The minimum absolute atomic E-state index is 0.0961. The number of hydrogen-bond donors (Lipinski definition) is 4. The number of rotatable bonds is 14. The molecule has 0 saturated carbocycles. The third-order valence-electron chi connectivity index (χ3n) is 8.13. The molecule has 1 saturated heterocycles. The van der Waals surface area contributed by atoms with Crippen LogP contribution in [-0.4, -0.2) is 84.3 Å². The van der Waals surface area contributed by atoms with Crippen LogP contribution in [0, 0.1) is 17.8 Å². The number of hydrogen-bond acceptors (Lipinski definition) is 7. The second kappa shape index (κ2) is 16.6. The summed E-state index contributed by atoms with van der Waals surface area (Å²) in [5, 5.41) is 28.0. The first-order valence-electron chi connectivity index (χ1n) is 16.0. The number of aliphatic hydroxyl groups is 1. The second-order valence-corrected chi connectivity index (χ2v) is 14.6. The van der Waals surface area contributed by atoms with Crippen molar-refractivity contribution in [3.63, 3.8) is 0 Å². The van der Waals surface area contributed by atoms with Crippen molar-refractivity contribution in [2.75, 3.05) is 39.4 Å². The summed E-state index contributed by atoms with van der Waals surface area (Å²) in [5.41, 5.74) is 1.04. The van der Waals surface area contributed by atoms with E-state index >= 15 is 0 Å². The van der Waals surface area contributed by atoms with Crippen molar-refractivity contribution >= 4 is 12.0 Å². The Balaban J connectivity index is 2.07. The van der Waals surface area contributed by atoms with E-state index in [1.807, 2.05) is 25.1 Å². The molecule has 1 aromatic carbocycles. The highest BCUT2D eigenvalue weighted by atomic mass is 16.6. The lowest BCUT2D eigenvalue weighted by molar-refractivity contribution is -0.125. The van der Waals surface area contributed by atoms with E-state index in [2.05, 4.69) is 50.2 Å². The second-order valence-electron chi connectivity index (χ2n) is 14.6. The van der Waals surface area contributed by atoms with Crippen molar-refractivity contribution in [2.24, 2.45) is 17.8 Å². The number of morpholine rings is 1. The Hall–Kier alpha value is -2.36. The molecule has 0 aliphatic carbocycles. The van der Waals surface area contributed by atoms with E-state index in [1.54, 1.807) is 20.8 Å². The normalized spacial score (nSPS) is 17.7. The van der Waals surface area contributed by atoms with Crippen LogP contribution >= 0.6 is 0 Å². The van der Waals surface area contributed by atoms with Gasteiger partial charge in [-0.2, -0.15) is 0 Å². The van der Waals surface area contributed by atoms with Gasteiger partial charge < -0.3 is 30.3 Å². The minimum atomic E-state index is -0.945. The zero-order chi connectivity index (χ0) is 32.4. The zero-order valence-electron chi connectivity index (χ0n) is 28.2. The van der Waals surface area contributed by atoms with Crippen molar-refractivity contribution in [1.29, 1.82) is 0 Å². The van der Waals surface area contributed by atoms with Gasteiger partial charge in [0.25, 0.3) is 0 Å². The third kappa shape index (κ3) is 13.4. The summed E-state index contributed by atoms with van der Waals surface area (Å²) in [4.78, 5) is 28.0. The highest BCUT2D eigenvalue weighted by molar-refractivity contribution is 5.78. The van der Waals surface area contributed by atoms with Crippen LogP contribution in [-0.2, 0) is 26.1 Å². The van der Waals surface area contributed by atoms with Crippen molar-refractivity contribution in [2.45, 2.75) is 111 Å². The van der Waals surface area contributed by atoms with Crippen LogP contribution in [0.25, 0.3) is 0 Å². The van der Waals surface area contributed by atoms with E-state index < -0.39 is 29.8 Å². The molecule has 0 aromatic heterocycles. The smallest absolute Gasteiger partial charge is 0.407 e. The number of carbonyl (C=O) groups is 2. The van der Waals surface area contributed by atoms with E-state index in [-0.39, 0.29) is 35.3 Å². The van der Waals surface area contributed by atoms with Gasteiger partial charge in [-0.1, -0.05) is 53.7 Å². The van der Waals surface area contributed by atoms with Gasteiger partial charge in [-0.25, -0.2) is 4.79 Å². The van der Waals surface area contributed by atoms with Gasteiger partial charge in [0.1, 0.15) is 11.4 Å². The first-order chi connectivity index (χ1) is 20.0. The lowest BCUT2D eigenvalue weighted by Gasteiger charge is -2.32. The molecule has 0 unspecified atom stereocenters. The SMILES string of the molecule is CC(C)[C@@H](Cc1ccc(C(C)(C)C)c(O)c1)C[C@H](NC(=O)OC(C)(C)C)[C@@H](O)C[C@H](C)C(=O)NCCCN1CCOCC1. The quantitative estimate of drug-likeness (QED) is 0.220. The molecule has 0 bridgehead atoms. The van der Waals surface area contributed by atoms with Crippen LogP contribution in [0.15, 0.2) is 18.2 Å². The summed E-state index contributed by atoms with van der Waals surface area (Å²) < 4.78 is 10.9. The number of benzene rings is 1. The van der Waals surface area contributed by atoms with E-state index in [0.717, 1.165) is 50.4 Å². The molecule has 4 N–H and O–H groups in total. The number of aromatic hydroxyl groups is 1. The van der Waals surface area contributed by atoms with Crippen molar-refractivity contribution in [1.82, 2.24) is 15.5 Å². The molecule has 9 heteroatoms. The van der Waals surface area contributed by atoms with E-state index in [0.29, 0.717) is 19.4 Å². The predicted molar refractivity (Wildman–Crippen MR) is 171 cm³/mol. The van der Waals surface area contributed by atoms with Gasteiger partial charge in [0.15, 0.2) is 0 Å². The molecule has 0 spiro atoms. The van der Waals surface area contributed by atoms with Crippen LogP contribution in [0.1, 0.15) is 92.7 Å². The Morgan fingerprint density at radius 2 is 1.70 bits per heavy atom. The molecule has 0 radical (unpaired) electrons. The van der Waals surface area contributed by atoms with Crippen molar-refractivity contribution < 1.29 is 29.3 Å². The molecule has 1 aliphatic rings. The van der Waals surface area contributed by atoms with Crippen molar-refractivity contribution in [3.8, 4) is 5.75 Å². The average Bonchev–Trinajstić information content (AvgIpc) is 2.88. The van der Waals surface area contributed by atoms with Crippen LogP contribution in [0.2, 0.25) is 0 Å². The van der Waals surface area contributed by atoms with E-state index in [4.69, 9.17) is 9.47 Å². The van der Waals surface area contributed by atoms with E-state index in [1.165, 1.54) is 0 Å². The highest BCUT2D eigenvalue weighted by Gasteiger charge is 2.31. The maximum Gasteiger partial charge on any atom is 0.407 e. The summed E-state index contributed by atoms with van der Waals surface area (Å²) in [6.07, 6.45) is 0.696. The van der Waals surface area contributed by atoms with E-state index in [9.17, 15) is 19.8 Å². The Kier molecular flexibility index (Phi) is 14.3. The Bertz CT molecular complexity index is 1010. The largest absolute Gasteiger partial charge is 0.508 e. The Labute approximate surface area is 260 Å². The number of nitrogens with zero attached hydrogens (tertiary/aromatic N) is 1. The first kappa shape index (κ1) is 36.8. The molecule has 2 rings (SSSR count). The minimum Gasteiger partial charge on any atom is -0.508 e. The number of alkyl carbamates (subject to hydrolysis) is 1. The zero-order valence-corrected chi connectivity index (χ0v) is 28.2. The lowest BCUT2D eigenvalue weighted by atomic mass is 9.80. The van der Waals surface area contributed by atoms with Gasteiger partial charge in [-0.05, 0) is 87.4 Å². The molecule has 43 heavy (non-hydrogen) atoms. The maximum absolute atomic E-state index is 12.9. The van der Waals surface area contributed by atoms with Crippen LogP contribution in [0.3, 0.4) is 0 Å². The Morgan fingerprint density at radius 3 is 2.26 bits per heavy atom. The number of carbonyl (C=O) groups excluding carboxylic acids is 2. The Morgan fingerprint density at radius 1 is 1.05 bits per heavy atom. The molecule has 9 nitrogen and oxygen atoms in total. The van der Waals surface area contributed by atoms with Gasteiger partial charge >= 0.3 is 6.09 Å². The molecule has 1 aliphatic heterocycles. The van der Waals surface area contributed by atoms with Gasteiger partial charge in [0, 0.05) is 25.6 Å². The van der Waals surface area contributed by atoms with Gasteiger partial charge in [-0.3, -0.25) is 9.69 Å². The number of phenolic OH excluding ortho intramolecular Hbond substituents is 1. The fourth-order valence-electron chi connectivity index (χ4n) is 5.48. The fraction of sp³-hybridized carbons (Fsp3) is 0.765. The molecular formula is C34H59N3O6. The molecular weight excluding hydrogens is 546 g/mol. The summed E-state index contributed by atoms with van der Waals surface area (Å²) in [7, 11) is 0. The highest BCUT2D eigenvalue weighted by Crippen LogP contribution is 2.33. The molecule has 2 amide bonds. The topological polar surface area (TPSA) is 120 Å². The fourth-order valence-corrected chi connectivity index (χ4v) is 5.48. The van der Waals surface area contributed by atoms with Crippen LogP contribution < -0.4 is 10.6 Å². The number of ether oxygens (including phenoxy) is 2. The van der Waals surface area contributed by atoms with Crippen molar-refractivity contribution in [3.05, 3.63) is 29.3 Å². The monoisotopic (exact) mass is 605 g/mol. The number of aliphatic hydroxyl groups excluding tert-OH is 1. The number of amides is 2. The molecule has 1 aromatic rings.